The smallest absolute Gasteiger partial charge is 0.00534 e. The Labute approximate surface area is 126 Å². The Kier molecular flexibility index (Phi) is 15.1. The van der Waals surface area contributed by atoms with Crippen molar-refractivity contribution in [3.8, 4) is 0 Å². The molecule has 0 amide bonds. The zero-order valence-corrected chi connectivity index (χ0v) is 14.0. The minimum atomic E-state index is 0.363. The van der Waals surface area contributed by atoms with Gasteiger partial charge in [-0.3, -0.25) is 0 Å². The molecule has 122 valence electrons. The number of nitrogens with two attached hydrogens (primary N) is 1. The summed E-state index contributed by atoms with van der Waals surface area (Å²) in [4.78, 5) is 0. The minimum absolute atomic E-state index is 0.363. The number of nitrogens with one attached hydrogen (secondary N) is 3. The second-order valence-corrected chi connectivity index (χ2v) is 5.86. The van der Waals surface area contributed by atoms with Gasteiger partial charge in [0.05, 0.1) is 0 Å². The second kappa shape index (κ2) is 15.2. The Morgan fingerprint density at radius 2 is 1.40 bits per heavy atom. The molecule has 0 bridgehead atoms. The van der Waals surface area contributed by atoms with E-state index in [0.29, 0.717) is 6.04 Å². The van der Waals surface area contributed by atoms with Gasteiger partial charge in [-0.05, 0) is 70.9 Å². The first-order valence-corrected chi connectivity index (χ1v) is 8.58. The van der Waals surface area contributed by atoms with Gasteiger partial charge in [0.25, 0.3) is 0 Å². The van der Waals surface area contributed by atoms with E-state index in [2.05, 4.69) is 36.7 Å². The van der Waals surface area contributed by atoms with E-state index < -0.39 is 0 Å². The molecule has 2 unspecified atom stereocenters. The first kappa shape index (κ1) is 19.8. The molecule has 0 rings (SSSR count). The average molecular weight is 287 g/mol. The molecule has 0 aromatic rings. The number of rotatable bonds is 15. The molecular weight excluding hydrogens is 248 g/mol. The third-order valence-corrected chi connectivity index (χ3v) is 3.76. The summed E-state index contributed by atoms with van der Waals surface area (Å²) in [5.41, 5.74) is 6.11. The number of hydrogen-bond acceptors (Lipinski definition) is 4. The van der Waals surface area contributed by atoms with Crippen molar-refractivity contribution in [1.29, 1.82) is 0 Å². The van der Waals surface area contributed by atoms with Crippen molar-refractivity contribution in [3.63, 3.8) is 0 Å². The molecule has 5 N–H and O–H groups in total. The summed E-state index contributed by atoms with van der Waals surface area (Å²) in [6.07, 6.45) is 5.90. The third-order valence-electron chi connectivity index (χ3n) is 3.76. The lowest BCUT2D eigenvalue weighted by Gasteiger charge is -2.16. The van der Waals surface area contributed by atoms with Crippen LogP contribution in [0.1, 0.15) is 52.9 Å². The van der Waals surface area contributed by atoms with E-state index in [1.165, 1.54) is 19.3 Å². The van der Waals surface area contributed by atoms with E-state index in [4.69, 9.17) is 5.73 Å². The topological polar surface area (TPSA) is 62.1 Å². The summed E-state index contributed by atoms with van der Waals surface area (Å²) in [6.45, 7) is 13.2. The van der Waals surface area contributed by atoms with Crippen molar-refractivity contribution in [2.45, 2.75) is 58.9 Å². The van der Waals surface area contributed by atoms with Crippen molar-refractivity contribution in [2.75, 3.05) is 39.3 Å². The van der Waals surface area contributed by atoms with Crippen molar-refractivity contribution in [2.24, 2.45) is 11.7 Å². The van der Waals surface area contributed by atoms with E-state index in [1.807, 2.05) is 0 Å². The molecule has 0 aromatic heterocycles. The van der Waals surface area contributed by atoms with Crippen molar-refractivity contribution >= 4 is 0 Å². The van der Waals surface area contributed by atoms with E-state index in [1.54, 1.807) is 0 Å². The molecule has 0 fully saturated rings. The maximum Gasteiger partial charge on any atom is 0.00534 e. The molecule has 0 aliphatic carbocycles. The summed E-state index contributed by atoms with van der Waals surface area (Å²) in [5, 5.41) is 10.3. The zero-order valence-electron chi connectivity index (χ0n) is 14.0. The summed E-state index contributed by atoms with van der Waals surface area (Å²) < 4.78 is 0. The highest BCUT2D eigenvalue weighted by molar-refractivity contribution is 4.66. The Hall–Kier alpha value is -0.160. The van der Waals surface area contributed by atoms with E-state index in [0.717, 1.165) is 58.0 Å². The van der Waals surface area contributed by atoms with Gasteiger partial charge in [0.2, 0.25) is 0 Å². The van der Waals surface area contributed by atoms with Crippen molar-refractivity contribution in [3.05, 3.63) is 0 Å². The van der Waals surface area contributed by atoms with Crippen molar-refractivity contribution < 1.29 is 0 Å². The predicted molar refractivity (Wildman–Crippen MR) is 90.2 cm³/mol. The molecule has 0 spiro atoms. The van der Waals surface area contributed by atoms with Gasteiger partial charge in [-0.15, -0.1) is 0 Å². The highest BCUT2D eigenvalue weighted by Gasteiger charge is 2.06. The van der Waals surface area contributed by atoms with Gasteiger partial charge >= 0.3 is 0 Å². The van der Waals surface area contributed by atoms with Gasteiger partial charge in [0, 0.05) is 6.04 Å². The predicted octanol–water partition coefficient (Wildman–Crippen LogP) is 1.71. The minimum Gasteiger partial charge on any atom is -0.328 e. The van der Waals surface area contributed by atoms with Crippen LogP contribution in [0.4, 0.5) is 0 Å². The molecule has 0 aromatic carbocycles. The van der Waals surface area contributed by atoms with Crippen molar-refractivity contribution in [1.82, 2.24) is 16.0 Å². The monoisotopic (exact) mass is 286 g/mol. The van der Waals surface area contributed by atoms with Gasteiger partial charge in [-0.2, -0.15) is 0 Å². The van der Waals surface area contributed by atoms with Crippen LogP contribution in [0.5, 0.6) is 0 Å². The SMILES string of the molecule is CCNCCCNCCCNCCC(N)CC(C)CC. The zero-order chi connectivity index (χ0) is 15.1. The molecule has 0 saturated carbocycles. The largest absolute Gasteiger partial charge is 0.328 e. The average Bonchev–Trinajstić information content (AvgIpc) is 2.44. The molecule has 0 radical (unpaired) electrons. The normalized spacial score (nSPS) is 14.4. The van der Waals surface area contributed by atoms with Crippen LogP contribution in [0.15, 0.2) is 0 Å². The highest BCUT2D eigenvalue weighted by Crippen LogP contribution is 2.09. The lowest BCUT2D eigenvalue weighted by Crippen LogP contribution is -2.30. The Morgan fingerprint density at radius 3 is 1.95 bits per heavy atom. The lowest BCUT2D eigenvalue weighted by atomic mass is 9.98. The van der Waals surface area contributed by atoms with Crippen LogP contribution in [0, 0.1) is 5.92 Å². The summed E-state index contributed by atoms with van der Waals surface area (Å²) in [7, 11) is 0. The van der Waals surface area contributed by atoms with Gasteiger partial charge in [-0.25, -0.2) is 0 Å². The van der Waals surface area contributed by atoms with Gasteiger partial charge in [-0.1, -0.05) is 27.2 Å². The Morgan fingerprint density at radius 1 is 0.850 bits per heavy atom. The molecule has 4 heteroatoms. The van der Waals surface area contributed by atoms with E-state index >= 15 is 0 Å². The lowest BCUT2D eigenvalue weighted by molar-refractivity contribution is 0.427. The van der Waals surface area contributed by atoms with E-state index in [-0.39, 0.29) is 0 Å². The fourth-order valence-electron chi connectivity index (χ4n) is 2.19. The van der Waals surface area contributed by atoms with Crippen LogP contribution in [0.25, 0.3) is 0 Å². The summed E-state index contributed by atoms with van der Waals surface area (Å²) in [5.74, 6) is 0.761. The Bertz CT molecular complexity index is 187. The third kappa shape index (κ3) is 14.3. The van der Waals surface area contributed by atoms with Crippen LogP contribution < -0.4 is 21.7 Å². The van der Waals surface area contributed by atoms with Gasteiger partial charge in [0.1, 0.15) is 0 Å². The van der Waals surface area contributed by atoms with Gasteiger partial charge < -0.3 is 21.7 Å². The fourth-order valence-corrected chi connectivity index (χ4v) is 2.19. The summed E-state index contributed by atoms with van der Waals surface area (Å²) >= 11 is 0. The van der Waals surface area contributed by atoms with Gasteiger partial charge in [0.15, 0.2) is 0 Å². The molecule has 0 aliphatic rings. The molecule has 0 heterocycles. The molecule has 4 nitrogen and oxygen atoms in total. The standard InChI is InChI=1S/C16H38N4/c1-4-15(3)14-16(17)8-13-20-12-7-11-19-10-6-9-18-5-2/h15-16,18-20H,4-14,17H2,1-3H3. The summed E-state index contributed by atoms with van der Waals surface area (Å²) in [6, 6.07) is 0.363. The van der Waals surface area contributed by atoms with Crippen LogP contribution in [-0.4, -0.2) is 45.3 Å². The highest BCUT2D eigenvalue weighted by atomic mass is 14.9. The molecule has 0 aliphatic heterocycles. The molecular formula is C16H38N4. The quantitative estimate of drug-likeness (QED) is 0.346. The Balaban J connectivity index is 3.12. The maximum atomic E-state index is 6.11. The van der Waals surface area contributed by atoms with Crippen LogP contribution in [-0.2, 0) is 0 Å². The molecule has 20 heavy (non-hydrogen) atoms. The first-order valence-electron chi connectivity index (χ1n) is 8.58. The number of hydrogen-bond donors (Lipinski definition) is 4. The van der Waals surface area contributed by atoms with Crippen LogP contribution in [0.3, 0.4) is 0 Å². The van der Waals surface area contributed by atoms with Crippen LogP contribution >= 0.6 is 0 Å². The van der Waals surface area contributed by atoms with Crippen LogP contribution in [0.2, 0.25) is 0 Å². The fraction of sp³-hybridized carbons (Fsp3) is 1.00. The maximum absolute atomic E-state index is 6.11. The first-order chi connectivity index (χ1) is 9.70. The second-order valence-electron chi connectivity index (χ2n) is 5.86. The molecule has 0 saturated heterocycles. The van der Waals surface area contributed by atoms with E-state index in [9.17, 15) is 0 Å². The molecule has 2 atom stereocenters.